The molecule has 0 unspecified atom stereocenters. The Bertz CT molecular complexity index is 2890. The fourth-order valence-electron chi connectivity index (χ4n) is 7.14. The van der Waals surface area contributed by atoms with Gasteiger partial charge in [-0.25, -0.2) is 15.0 Å². The van der Waals surface area contributed by atoms with Crippen LogP contribution in [0.4, 0.5) is 0 Å². The molecular formula is C45H27N3O. The summed E-state index contributed by atoms with van der Waals surface area (Å²) in [5.41, 5.74) is 6.75. The molecule has 0 saturated heterocycles. The summed E-state index contributed by atoms with van der Waals surface area (Å²) in [5, 5.41) is 9.19. The Hall–Kier alpha value is -6.65. The fourth-order valence-corrected chi connectivity index (χ4v) is 7.14. The smallest absolute Gasteiger partial charge is 0.165 e. The van der Waals surface area contributed by atoms with Gasteiger partial charge in [0.15, 0.2) is 17.5 Å². The van der Waals surface area contributed by atoms with Crippen molar-refractivity contribution in [3.63, 3.8) is 0 Å². The standard InChI is InChI=1S/C45H27N3O/c1-2-12-29(13-3-1)43-46-44(33-16-10-15-30(25-33)31-22-23-37-36-19-8-9-20-40(36)49-41(37)27-31)48-45(47-43)42-35-18-7-5-14-32(35)26-39-34-17-6-4-11-28(34)21-24-38(39)42/h1-27H. The van der Waals surface area contributed by atoms with E-state index in [1.807, 2.05) is 36.4 Å². The summed E-state index contributed by atoms with van der Waals surface area (Å²) >= 11 is 0. The number of para-hydroxylation sites is 1. The van der Waals surface area contributed by atoms with Gasteiger partial charge in [0.1, 0.15) is 11.2 Å². The van der Waals surface area contributed by atoms with Crippen LogP contribution in [0.15, 0.2) is 168 Å². The second kappa shape index (κ2) is 11.0. The number of fused-ring (bicyclic) bond motifs is 7. The van der Waals surface area contributed by atoms with E-state index in [0.29, 0.717) is 17.5 Å². The molecule has 0 amide bonds. The average molecular weight is 626 g/mol. The molecular weight excluding hydrogens is 599 g/mol. The summed E-state index contributed by atoms with van der Waals surface area (Å²) < 4.78 is 6.22. The van der Waals surface area contributed by atoms with Gasteiger partial charge in [0, 0.05) is 27.5 Å². The molecule has 0 spiro atoms. The predicted octanol–water partition coefficient (Wildman–Crippen LogP) is 11.9. The second-order valence-electron chi connectivity index (χ2n) is 12.4. The van der Waals surface area contributed by atoms with E-state index in [1.54, 1.807) is 0 Å². The predicted molar refractivity (Wildman–Crippen MR) is 201 cm³/mol. The van der Waals surface area contributed by atoms with Gasteiger partial charge >= 0.3 is 0 Å². The Morgan fingerprint density at radius 1 is 0.306 bits per heavy atom. The van der Waals surface area contributed by atoms with Crippen LogP contribution in [-0.2, 0) is 0 Å². The van der Waals surface area contributed by atoms with E-state index in [-0.39, 0.29) is 0 Å². The van der Waals surface area contributed by atoms with Gasteiger partial charge in [-0.2, -0.15) is 0 Å². The molecule has 0 aliphatic heterocycles. The molecule has 0 atom stereocenters. The molecule has 8 aromatic carbocycles. The first-order chi connectivity index (χ1) is 24.3. The van der Waals surface area contributed by atoms with Crippen molar-refractivity contribution in [2.75, 3.05) is 0 Å². The Kier molecular flexibility index (Phi) is 6.15. The van der Waals surface area contributed by atoms with Gasteiger partial charge in [0.05, 0.1) is 0 Å². The zero-order valence-electron chi connectivity index (χ0n) is 26.3. The van der Waals surface area contributed by atoms with E-state index in [4.69, 9.17) is 19.4 Å². The van der Waals surface area contributed by atoms with Crippen LogP contribution in [0.5, 0.6) is 0 Å². The van der Waals surface area contributed by atoms with Crippen LogP contribution in [0.25, 0.3) is 99.5 Å². The monoisotopic (exact) mass is 625 g/mol. The maximum atomic E-state index is 6.22. The third kappa shape index (κ3) is 4.57. The van der Waals surface area contributed by atoms with Crippen LogP contribution in [0.1, 0.15) is 0 Å². The lowest BCUT2D eigenvalue weighted by atomic mass is 9.93. The SMILES string of the molecule is c1ccc(-c2nc(-c3cccc(-c4ccc5c(c4)oc4ccccc45)c3)nc(-c3c4ccccc4cc4c3ccc3ccccc34)n2)cc1. The van der Waals surface area contributed by atoms with Gasteiger partial charge in [-0.3, -0.25) is 0 Å². The van der Waals surface area contributed by atoms with Crippen LogP contribution >= 0.6 is 0 Å². The van der Waals surface area contributed by atoms with Gasteiger partial charge in [0.25, 0.3) is 0 Å². The Morgan fingerprint density at radius 3 is 1.80 bits per heavy atom. The summed E-state index contributed by atoms with van der Waals surface area (Å²) in [5.74, 6) is 1.91. The van der Waals surface area contributed by atoms with Crippen molar-refractivity contribution in [3.8, 4) is 45.3 Å². The molecule has 0 N–H and O–H groups in total. The summed E-state index contributed by atoms with van der Waals surface area (Å²) in [6, 6.07) is 56.9. The average Bonchev–Trinajstić information content (AvgIpc) is 3.55. The second-order valence-corrected chi connectivity index (χ2v) is 12.4. The highest BCUT2D eigenvalue weighted by Gasteiger charge is 2.18. The van der Waals surface area contributed by atoms with Crippen molar-refractivity contribution in [3.05, 3.63) is 164 Å². The lowest BCUT2D eigenvalue weighted by molar-refractivity contribution is 0.669. The number of furan rings is 1. The van der Waals surface area contributed by atoms with Gasteiger partial charge < -0.3 is 4.42 Å². The molecule has 0 aliphatic carbocycles. The van der Waals surface area contributed by atoms with Crippen LogP contribution in [-0.4, -0.2) is 15.0 Å². The highest BCUT2D eigenvalue weighted by Crippen LogP contribution is 2.39. The van der Waals surface area contributed by atoms with Crippen molar-refractivity contribution in [2.45, 2.75) is 0 Å². The molecule has 2 aromatic heterocycles. The minimum Gasteiger partial charge on any atom is -0.456 e. The Morgan fingerprint density at radius 2 is 0.918 bits per heavy atom. The number of nitrogens with zero attached hydrogens (tertiary/aromatic N) is 3. The zero-order valence-corrected chi connectivity index (χ0v) is 26.3. The van der Waals surface area contributed by atoms with E-state index < -0.39 is 0 Å². The van der Waals surface area contributed by atoms with E-state index in [1.165, 1.54) is 16.2 Å². The summed E-state index contributed by atoms with van der Waals surface area (Å²) in [4.78, 5) is 15.5. The molecule has 228 valence electrons. The molecule has 0 fully saturated rings. The Labute approximate surface area is 282 Å². The molecule has 4 nitrogen and oxygen atoms in total. The minimum absolute atomic E-state index is 0.623. The van der Waals surface area contributed by atoms with Crippen molar-refractivity contribution in [2.24, 2.45) is 0 Å². The fraction of sp³-hybridized carbons (Fsp3) is 0. The largest absolute Gasteiger partial charge is 0.456 e. The van der Waals surface area contributed by atoms with Crippen molar-refractivity contribution in [1.29, 1.82) is 0 Å². The van der Waals surface area contributed by atoms with Crippen molar-refractivity contribution < 1.29 is 4.42 Å². The Balaban J connectivity index is 1.20. The molecule has 49 heavy (non-hydrogen) atoms. The number of aromatic nitrogens is 3. The highest BCUT2D eigenvalue weighted by molar-refractivity contribution is 6.19. The number of hydrogen-bond acceptors (Lipinski definition) is 4. The van der Waals surface area contributed by atoms with Crippen molar-refractivity contribution in [1.82, 2.24) is 15.0 Å². The molecule has 10 rings (SSSR count). The summed E-state index contributed by atoms with van der Waals surface area (Å²) in [6.07, 6.45) is 0. The summed E-state index contributed by atoms with van der Waals surface area (Å²) in [6.45, 7) is 0. The molecule has 0 aliphatic rings. The van der Waals surface area contributed by atoms with Gasteiger partial charge in [-0.15, -0.1) is 0 Å². The lowest BCUT2D eigenvalue weighted by Crippen LogP contribution is -2.01. The van der Waals surface area contributed by atoms with Crippen LogP contribution in [0.2, 0.25) is 0 Å². The lowest BCUT2D eigenvalue weighted by Gasteiger charge is -2.15. The molecule has 4 heteroatoms. The van der Waals surface area contributed by atoms with E-state index in [2.05, 4.69) is 127 Å². The van der Waals surface area contributed by atoms with Gasteiger partial charge in [-0.1, -0.05) is 133 Å². The molecule has 0 bridgehead atoms. The van der Waals surface area contributed by atoms with Crippen molar-refractivity contribution >= 4 is 54.3 Å². The molecule has 0 saturated carbocycles. The third-order valence-corrected chi connectivity index (χ3v) is 9.49. The van der Waals surface area contributed by atoms with Crippen LogP contribution in [0.3, 0.4) is 0 Å². The van der Waals surface area contributed by atoms with Gasteiger partial charge in [0.2, 0.25) is 0 Å². The first-order valence-electron chi connectivity index (χ1n) is 16.4. The molecule has 2 heterocycles. The third-order valence-electron chi connectivity index (χ3n) is 9.49. The topological polar surface area (TPSA) is 51.8 Å². The normalized spacial score (nSPS) is 11.7. The number of hydrogen-bond donors (Lipinski definition) is 0. The maximum absolute atomic E-state index is 6.22. The number of benzene rings is 8. The quantitative estimate of drug-likeness (QED) is 0.144. The first-order valence-corrected chi connectivity index (χ1v) is 16.4. The first kappa shape index (κ1) is 27.5. The molecule has 0 radical (unpaired) electrons. The van der Waals surface area contributed by atoms with Gasteiger partial charge in [-0.05, 0) is 73.8 Å². The summed E-state index contributed by atoms with van der Waals surface area (Å²) in [7, 11) is 0. The van der Waals surface area contributed by atoms with E-state index in [0.717, 1.165) is 65.9 Å². The maximum Gasteiger partial charge on any atom is 0.165 e. The van der Waals surface area contributed by atoms with Crippen LogP contribution in [0, 0.1) is 0 Å². The van der Waals surface area contributed by atoms with Crippen LogP contribution < -0.4 is 0 Å². The van der Waals surface area contributed by atoms with E-state index in [9.17, 15) is 0 Å². The minimum atomic E-state index is 0.623. The number of rotatable bonds is 4. The highest BCUT2D eigenvalue weighted by atomic mass is 16.3. The molecule has 10 aromatic rings. The zero-order chi connectivity index (χ0) is 32.3. The van der Waals surface area contributed by atoms with E-state index >= 15 is 0 Å².